The first-order valence-corrected chi connectivity index (χ1v) is 13.6. The zero-order valence-corrected chi connectivity index (χ0v) is 24.9. The number of aryl methyl sites for hydroxylation is 1. The molecule has 6 rings (SSSR count). The van der Waals surface area contributed by atoms with Crippen LogP contribution in [0.2, 0.25) is 0 Å². The Kier molecular flexibility index (Phi) is 11.0. The molecule has 0 fully saturated rings. The normalized spacial score (nSPS) is 11.8. The summed E-state index contributed by atoms with van der Waals surface area (Å²) in [6, 6.07) is 37.0. The van der Waals surface area contributed by atoms with Crippen molar-refractivity contribution < 1.29 is 49.0 Å². The molecule has 0 amide bonds. The van der Waals surface area contributed by atoms with Crippen LogP contribution in [0.15, 0.2) is 121 Å². The van der Waals surface area contributed by atoms with Crippen LogP contribution in [0.25, 0.3) is 27.1 Å². The van der Waals surface area contributed by atoms with Crippen molar-refractivity contribution in [3.63, 3.8) is 0 Å². The van der Waals surface area contributed by atoms with Crippen molar-refractivity contribution in [2.75, 3.05) is 0 Å². The molecule has 0 atom stereocenters. The van der Waals surface area contributed by atoms with Crippen LogP contribution in [0.1, 0.15) is 42.0 Å². The number of allylic oxidation sites excluding steroid dienone is 4. The molecule has 0 saturated carbocycles. The molecule has 0 N–H and O–H groups in total. The third-order valence-corrected chi connectivity index (χ3v) is 7.99. The van der Waals surface area contributed by atoms with Crippen LogP contribution < -0.4 is 24.8 Å². The molecule has 0 radical (unpaired) electrons. The van der Waals surface area contributed by atoms with Crippen molar-refractivity contribution in [3.8, 4) is 0 Å². The van der Waals surface area contributed by atoms with Crippen LogP contribution in [0, 0.1) is 0 Å². The molecule has 1 aliphatic carbocycles. The molecule has 3 heteroatoms. The Hall–Kier alpha value is -2.44. The van der Waals surface area contributed by atoms with Crippen LogP contribution >= 0.6 is 0 Å². The molecule has 0 aromatic heterocycles. The van der Waals surface area contributed by atoms with Gasteiger partial charge in [-0.05, 0) is 12.8 Å². The van der Waals surface area contributed by atoms with Gasteiger partial charge in [0.1, 0.15) is 0 Å². The van der Waals surface area contributed by atoms with E-state index in [2.05, 4.69) is 128 Å². The molecule has 0 unspecified atom stereocenters. The number of benzene rings is 4. The van der Waals surface area contributed by atoms with Crippen LogP contribution in [-0.4, -0.2) is 3.21 Å². The summed E-state index contributed by atoms with van der Waals surface area (Å²) in [6.45, 7) is 2.25. The van der Waals surface area contributed by atoms with E-state index in [4.69, 9.17) is 0 Å². The molecule has 0 spiro atoms. The van der Waals surface area contributed by atoms with Crippen molar-refractivity contribution in [1.82, 2.24) is 0 Å². The van der Waals surface area contributed by atoms with Crippen LogP contribution in [0.5, 0.6) is 0 Å². The Bertz CT molecular complexity index is 1480. The van der Waals surface area contributed by atoms with E-state index in [0.29, 0.717) is 0 Å². The third kappa shape index (κ3) is 6.72. The molecular weight excluding hydrogens is 571 g/mol. The number of hydrogen-bond donors (Lipinski definition) is 0. The Morgan fingerprint density at radius 1 is 0.784 bits per heavy atom. The Morgan fingerprint density at radius 2 is 1.41 bits per heavy atom. The van der Waals surface area contributed by atoms with Crippen LogP contribution in [-0.2, 0) is 30.7 Å². The van der Waals surface area contributed by atoms with E-state index in [1.807, 2.05) is 0 Å². The van der Waals surface area contributed by atoms with E-state index >= 15 is 0 Å². The Balaban J connectivity index is 0.000000210. The number of hydrogen-bond acceptors (Lipinski definition) is 0. The monoisotopic (exact) mass is 597 g/mol. The number of rotatable bonds is 5. The van der Waals surface area contributed by atoms with Crippen molar-refractivity contribution in [2.45, 2.75) is 26.2 Å². The first-order chi connectivity index (χ1) is 17.2. The number of halogens is 2. The summed E-state index contributed by atoms with van der Waals surface area (Å²) in [4.78, 5) is 0. The van der Waals surface area contributed by atoms with E-state index < -0.39 is 0 Å². The standard InChI is InChI=1S/C21H19.C13H10.2ClH.Zr/c1-2-7-15-12-19(16-8-3-4-9-16)21-14-17-10-5-6-11-18(17)20(21)13-15;1-3-7-12(8-4-1)11-13-9-5-2-6-10-13;;;/h3-6,8,10-14H,2,7,9H2,1H3;1-10H;2*1H;/q-1;;;;+2/p-2. The topological polar surface area (TPSA) is 0 Å². The van der Waals surface area contributed by atoms with Crippen molar-refractivity contribution in [2.24, 2.45) is 0 Å². The summed E-state index contributed by atoms with van der Waals surface area (Å²) in [7, 11) is 0. The van der Waals surface area contributed by atoms with Gasteiger partial charge in [-0.1, -0.05) is 78.6 Å². The fourth-order valence-electron chi connectivity index (χ4n) is 4.84. The Labute approximate surface area is 247 Å². The van der Waals surface area contributed by atoms with Gasteiger partial charge in [0, 0.05) is 0 Å². The quantitative estimate of drug-likeness (QED) is 0.273. The van der Waals surface area contributed by atoms with Crippen molar-refractivity contribution in [3.05, 3.63) is 144 Å². The van der Waals surface area contributed by atoms with E-state index in [0.717, 1.165) is 12.8 Å². The maximum atomic E-state index is 2.41. The Morgan fingerprint density at radius 3 is 2.00 bits per heavy atom. The average Bonchev–Trinajstić information content (AvgIpc) is 3.58. The molecule has 0 saturated heterocycles. The third-order valence-electron chi connectivity index (χ3n) is 6.57. The van der Waals surface area contributed by atoms with E-state index in [-0.39, 0.29) is 24.8 Å². The summed E-state index contributed by atoms with van der Waals surface area (Å²) in [5, 5.41) is 5.57. The van der Waals surface area contributed by atoms with Gasteiger partial charge in [0.25, 0.3) is 0 Å². The second-order valence-electron chi connectivity index (χ2n) is 9.02. The van der Waals surface area contributed by atoms with Gasteiger partial charge >= 0.3 is 99.2 Å². The molecule has 0 bridgehead atoms. The first kappa shape index (κ1) is 29.1. The molecule has 0 nitrogen and oxygen atoms in total. The average molecular weight is 600 g/mol. The van der Waals surface area contributed by atoms with E-state index in [1.54, 1.807) is 0 Å². The first-order valence-electron chi connectivity index (χ1n) is 12.4. The van der Waals surface area contributed by atoms with E-state index in [9.17, 15) is 0 Å². The predicted octanol–water partition coefficient (Wildman–Crippen LogP) is 2.82. The molecule has 5 aromatic rings. The molecule has 0 heterocycles. The fourth-order valence-corrected chi connectivity index (χ4v) is 5.66. The van der Waals surface area contributed by atoms with Gasteiger partial charge in [-0.3, -0.25) is 0 Å². The molecule has 0 aliphatic heterocycles. The second kappa shape index (κ2) is 13.9. The molecule has 1 aliphatic rings. The maximum absolute atomic E-state index is 2.41. The van der Waals surface area contributed by atoms with Crippen molar-refractivity contribution >= 4 is 30.3 Å². The van der Waals surface area contributed by atoms with Gasteiger partial charge in [0.15, 0.2) is 0 Å². The number of fused-ring (bicyclic) bond motifs is 3. The summed E-state index contributed by atoms with van der Waals surface area (Å²) in [6.07, 6.45) is 10.1. The van der Waals surface area contributed by atoms with Crippen LogP contribution in [0.3, 0.4) is 0 Å². The van der Waals surface area contributed by atoms with Gasteiger partial charge in [0.2, 0.25) is 0 Å². The van der Waals surface area contributed by atoms with Gasteiger partial charge in [-0.25, -0.2) is 0 Å². The zero-order chi connectivity index (χ0) is 24.0. The van der Waals surface area contributed by atoms with Gasteiger partial charge in [-0.15, -0.1) is 33.7 Å². The summed E-state index contributed by atoms with van der Waals surface area (Å²) >= 11 is 1.46. The minimum absolute atomic E-state index is 0. The molecular formula is C34H29Cl2Zr-. The fraction of sp³-hybridized carbons (Fsp3) is 0.118. The van der Waals surface area contributed by atoms with Crippen LogP contribution in [0.4, 0.5) is 0 Å². The summed E-state index contributed by atoms with van der Waals surface area (Å²) in [5.74, 6) is 0. The summed E-state index contributed by atoms with van der Waals surface area (Å²) in [5.41, 5.74) is 7.00. The van der Waals surface area contributed by atoms with E-state index in [1.165, 1.54) is 83.2 Å². The SMILES string of the molecule is CCCc1cc(C2=CC=CC2)c2[cH-]c3ccccc3c2c1.[Cl-].[Cl-].[Zr+2]=[C](c1ccccc1)c1ccccc1. The predicted molar refractivity (Wildman–Crippen MR) is 149 cm³/mol. The molecule has 5 aromatic carbocycles. The zero-order valence-electron chi connectivity index (χ0n) is 20.9. The van der Waals surface area contributed by atoms with Gasteiger partial charge in [-0.2, -0.15) is 0 Å². The van der Waals surface area contributed by atoms with Crippen molar-refractivity contribution in [1.29, 1.82) is 0 Å². The minimum atomic E-state index is 0. The van der Waals surface area contributed by atoms with Gasteiger partial charge < -0.3 is 24.8 Å². The summed E-state index contributed by atoms with van der Waals surface area (Å²) < 4.78 is 1.42. The molecule has 184 valence electrons. The second-order valence-corrected chi connectivity index (χ2v) is 10.2. The van der Waals surface area contributed by atoms with Gasteiger partial charge in [0.05, 0.1) is 0 Å². The molecule has 37 heavy (non-hydrogen) atoms.